The lowest BCUT2D eigenvalue weighted by atomic mass is 9.82. The Bertz CT molecular complexity index is 2320. The number of para-hydroxylation sites is 1. The first-order valence-corrected chi connectivity index (χ1v) is 23.7. The largest absolute Gasteiger partial charge is 0.347 e. The Hall–Kier alpha value is -7.25. The summed E-state index contributed by atoms with van der Waals surface area (Å²) in [5.74, 6) is -7.11. The number of likely N-dealkylation sites (N-methyl/N-ethyl adjacent to an activating group) is 2. The predicted octanol–water partition coefficient (Wildman–Crippen LogP) is 2.59. The number of nitrogens with one attached hydrogen (secondary N) is 6. The third-order valence-corrected chi connectivity index (χ3v) is 12.6. The molecule has 0 unspecified atom stereocenters. The lowest BCUT2D eigenvalue weighted by Gasteiger charge is -2.38. The molecule has 0 spiro atoms. The molecule has 0 bridgehead atoms. The smallest absolute Gasteiger partial charge is 0.321 e. The van der Waals surface area contributed by atoms with Crippen LogP contribution in [-0.4, -0.2) is 143 Å². The maximum absolute atomic E-state index is 14.9. The van der Waals surface area contributed by atoms with Gasteiger partial charge in [-0.25, -0.2) is 9.78 Å². The molecule has 1 aliphatic heterocycles. The van der Waals surface area contributed by atoms with Crippen LogP contribution in [0.1, 0.15) is 94.7 Å². The minimum atomic E-state index is -1.35. The van der Waals surface area contributed by atoms with Gasteiger partial charge in [0, 0.05) is 52.3 Å². The van der Waals surface area contributed by atoms with Crippen molar-refractivity contribution in [3.05, 3.63) is 90.5 Å². The Balaban J connectivity index is 1.34. The summed E-state index contributed by atoms with van der Waals surface area (Å²) in [6, 6.07) is 11.1. The van der Waals surface area contributed by atoms with E-state index in [1.54, 1.807) is 88.4 Å². The number of anilines is 1. The van der Waals surface area contributed by atoms with Gasteiger partial charge in [-0.2, -0.15) is 0 Å². The maximum atomic E-state index is 14.9. The van der Waals surface area contributed by atoms with Crippen molar-refractivity contribution < 1.29 is 43.2 Å². The van der Waals surface area contributed by atoms with Gasteiger partial charge in [0.05, 0.1) is 30.7 Å². The lowest BCUT2D eigenvalue weighted by Crippen LogP contribution is -2.61. The summed E-state index contributed by atoms with van der Waals surface area (Å²) in [6.45, 7) is 6.12. The number of likely N-dealkylation sites (tertiary alicyclic amines) is 1. The second-order valence-electron chi connectivity index (χ2n) is 19.1. The number of Topliss-reactive ketones (excluding diaryl/α,β-unsaturated/α-hetero) is 1. The molecule has 5 rings (SSSR count). The molecule has 2 aliphatic rings. The third-order valence-electron chi connectivity index (χ3n) is 12.6. The maximum Gasteiger partial charge on any atom is 0.321 e. The summed E-state index contributed by atoms with van der Waals surface area (Å²) in [6.07, 6.45) is 8.58. The van der Waals surface area contributed by atoms with Crippen LogP contribution in [0, 0.1) is 17.3 Å². The average Bonchev–Trinajstić information content (AvgIpc) is 3.81. The van der Waals surface area contributed by atoms with Crippen LogP contribution in [0.3, 0.4) is 0 Å². The Morgan fingerprint density at radius 3 is 2.04 bits per heavy atom. The molecule has 0 radical (unpaired) electrons. The van der Waals surface area contributed by atoms with Gasteiger partial charge in [0.2, 0.25) is 35.3 Å². The van der Waals surface area contributed by atoms with Crippen molar-refractivity contribution in [1.29, 1.82) is 0 Å². The molecule has 2 aromatic carbocycles. The van der Waals surface area contributed by atoms with Gasteiger partial charge in [-0.3, -0.25) is 43.3 Å². The molecule has 6 N–H and O–H groups in total. The summed E-state index contributed by atoms with van der Waals surface area (Å²) >= 11 is 0. The summed E-state index contributed by atoms with van der Waals surface area (Å²) in [4.78, 5) is 136. The summed E-state index contributed by atoms with van der Waals surface area (Å²) in [7, 11) is 4.56. The summed E-state index contributed by atoms with van der Waals surface area (Å²) in [5.41, 5.74) is 0.132. The van der Waals surface area contributed by atoms with Crippen LogP contribution in [0.5, 0.6) is 0 Å². The topological polar surface area (TPSA) is 261 Å². The molecule has 9 amide bonds. The zero-order valence-corrected chi connectivity index (χ0v) is 41.0. The molecule has 3 aromatic rings. The van der Waals surface area contributed by atoms with E-state index >= 15 is 0 Å². The molecule has 376 valence electrons. The fraction of sp³-hybridized carbons (Fsp3) is 0.500. The number of hydrogen-bond donors (Lipinski definition) is 6. The molecule has 2 fully saturated rings. The van der Waals surface area contributed by atoms with E-state index in [0.29, 0.717) is 30.5 Å². The van der Waals surface area contributed by atoms with Gasteiger partial charge < -0.3 is 46.6 Å². The Morgan fingerprint density at radius 1 is 0.786 bits per heavy atom. The standard InChI is InChI=1S/C50H67N11O9/c1-8-18-35(41(63)46(67)53-28-38(62)56-40(47(68)59(5)6)32-21-14-10-15-22-32)55-43(64)34-29-61(49(70)54-33-23-16-11-17-24-33)30-37(34)60(7)48(69)42(50(2,3)4)58-45(66)39(31-19-12-9-13-20-31)57-44(65)36-27-51-25-26-52-36/h10-11,14-17,21-27,31,34-35,37,39-40,42H,8-9,12-13,18-20,28-30H2,1-7H3,(H,53,67)(H,54,70)(H,55,64)(H,56,62)(H,57,65)(H,58,66)/t34-,35+,37+,39+,40+,42-/m1/s1. The molecule has 1 saturated carbocycles. The van der Waals surface area contributed by atoms with E-state index < -0.39 is 101 Å². The van der Waals surface area contributed by atoms with Crippen molar-refractivity contribution in [3.8, 4) is 0 Å². The highest BCUT2D eigenvalue weighted by molar-refractivity contribution is 6.38. The zero-order valence-electron chi connectivity index (χ0n) is 41.0. The fourth-order valence-electron chi connectivity index (χ4n) is 8.72. The van der Waals surface area contributed by atoms with Crippen LogP contribution in [0.15, 0.2) is 79.3 Å². The minimum absolute atomic E-state index is 0.0312. The molecule has 1 aliphatic carbocycles. The van der Waals surface area contributed by atoms with E-state index in [1.165, 1.54) is 54.4 Å². The molecular formula is C50H67N11O9. The highest BCUT2D eigenvalue weighted by atomic mass is 16.2. The van der Waals surface area contributed by atoms with Crippen LogP contribution in [0.4, 0.5) is 10.5 Å². The van der Waals surface area contributed by atoms with Gasteiger partial charge in [-0.15, -0.1) is 0 Å². The first-order valence-electron chi connectivity index (χ1n) is 23.7. The first kappa shape index (κ1) is 53.7. The van der Waals surface area contributed by atoms with Crippen LogP contribution in [-0.2, 0) is 33.6 Å². The zero-order chi connectivity index (χ0) is 51.1. The van der Waals surface area contributed by atoms with Gasteiger partial charge in [-0.1, -0.05) is 102 Å². The van der Waals surface area contributed by atoms with Crippen molar-refractivity contribution in [2.45, 2.75) is 103 Å². The van der Waals surface area contributed by atoms with Gasteiger partial charge in [-0.05, 0) is 48.3 Å². The van der Waals surface area contributed by atoms with Crippen molar-refractivity contribution in [3.63, 3.8) is 0 Å². The number of hydrogen-bond acceptors (Lipinski definition) is 11. The molecule has 1 saturated heterocycles. The van der Waals surface area contributed by atoms with E-state index in [2.05, 4.69) is 41.9 Å². The number of rotatable bonds is 19. The van der Waals surface area contributed by atoms with Crippen LogP contribution in [0.2, 0.25) is 0 Å². The van der Waals surface area contributed by atoms with Crippen LogP contribution >= 0.6 is 0 Å². The number of benzene rings is 2. The predicted molar refractivity (Wildman–Crippen MR) is 259 cm³/mol. The average molecular weight is 966 g/mol. The van der Waals surface area contributed by atoms with Crippen molar-refractivity contribution >= 4 is 58.9 Å². The molecule has 20 nitrogen and oxygen atoms in total. The van der Waals surface area contributed by atoms with Crippen LogP contribution in [0.25, 0.3) is 0 Å². The number of carbonyl (C=O) groups excluding carboxylic acids is 9. The molecule has 6 atom stereocenters. The fourth-order valence-corrected chi connectivity index (χ4v) is 8.72. The van der Waals surface area contributed by atoms with Gasteiger partial charge in [0.1, 0.15) is 23.8 Å². The monoisotopic (exact) mass is 966 g/mol. The number of amides is 9. The van der Waals surface area contributed by atoms with E-state index in [0.717, 1.165) is 19.3 Å². The normalized spacial score (nSPS) is 17.6. The van der Waals surface area contributed by atoms with Crippen molar-refractivity contribution in [2.24, 2.45) is 17.3 Å². The molecule has 2 heterocycles. The van der Waals surface area contributed by atoms with E-state index in [1.807, 2.05) is 0 Å². The number of urea groups is 1. The Morgan fingerprint density at radius 2 is 1.44 bits per heavy atom. The SMILES string of the molecule is CCC[C@H](NC(=O)[C@@H]1CN(C(=O)Nc2ccccc2)C[C@@H]1N(C)C(=O)[C@@H](NC(=O)[C@@H](NC(=O)c1cnccn1)C1CCCCC1)C(C)(C)C)C(=O)C(=O)NCC(=O)N[C@H](C(=O)N(C)C)c1ccccc1. The quantitative estimate of drug-likeness (QED) is 0.0952. The first-order chi connectivity index (χ1) is 33.3. The lowest BCUT2D eigenvalue weighted by molar-refractivity contribution is -0.143. The van der Waals surface area contributed by atoms with Gasteiger partial charge in [0.15, 0.2) is 0 Å². The molecular weight excluding hydrogens is 899 g/mol. The van der Waals surface area contributed by atoms with Crippen molar-refractivity contribution in [2.75, 3.05) is 46.1 Å². The second-order valence-corrected chi connectivity index (χ2v) is 19.1. The number of nitrogens with zero attached hydrogens (tertiary/aromatic N) is 5. The van der Waals surface area contributed by atoms with Crippen LogP contribution < -0.4 is 31.9 Å². The Kier molecular flexibility index (Phi) is 19.1. The Labute approximate surface area is 408 Å². The summed E-state index contributed by atoms with van der Waals surface area (Å²) < 4.78 is 0. The highest BCUT2D eigenvalue weighted by Gasteiger charge is 2.47. The number of carbonyl (C=O) groups is 9. The van der Waals surface area contributed by atoms with Crippen molar-refractivity contribution in [1.82, 2.24) is 51.3 Å². The summed E-state index contributed by atoms with van der Waals surface area (Å²) in [5, 5.41) is 16.2. The van der Waals surface area contributed by atoms with E-state index in [9.17, 15) is 43.2 Å². The molecule has 1 aromatic heterocycles. The second kappa shape index (κ2) is 24.9. The molecule has 70 heavy (non-hydrogen) atoms. The highest BCUT2D eigenvalue weighted by Crippen LogP contribution is 2.30. The molecule has 20 heteroatoms. The van der Waals surface area contributed by atoms with E-state index in [4.69, 9.17) is 0 Å². The number of ketones is 1. The van der Waals surface area contributed by atoms with E-state index in [-0.39, 0.29) is 31.1 Å². The number of aromatic nitrogens is 2. The van der Waals surface area contributed by atoms with Gasteiger partial charge in [0.25, 0.3) is 11.8 Å². The van der Waals surface area contributed by atoms with Gasteiger partial charge >= 0.3 is 6.03 Å². The minimum Gasteiger partial charge on any atom is -0.347 e. The third kappa shape index (κ3) is 14.4.